The van der Waals surface area contributed by atoms with Crippen molar-refractivity contribution in [3.63, 3.8) is 0 Å². The number of benzene rings is 1. The van der Waals surface area contributed by atoms with Gasteiger partial charge in [-0.2, -0.15) is 4.98 Å². The summed E-state index contributed by atoms with van der Waals surface area (Å²) in [4.78, 5) is 4.63. The maximum Gasteiger partial charge on any atom is 0.221 e. The zero-order valence-electron chi connectivity index (χ0n) is 12.0. The number of hydrogen-bond donors (Lipinski definition) is 2. The van der Waals surface area contributed by atoms with Crippen LogP contribution in [0.4, 0.5) is 5.95 Å². The van der Waals surface area contributed by atoms with Gasteiger partial charge in [0.2, 0.25) is 5.95 Å². The Kier molecular flexibility index (Phi) is 3.05. The molecule has 1 unspecified atom stereocenters. The molecule has 0 spiro atoms. The van der Waals surface area contributed by atoms with Gasteiger partial charge in [-0.3, -0.25) is 0 Å². The quantitative estimate of drug-likeness (QED) is 0.889. The third-order valence-electron chi connectivity index (χ3n) is 4.74. The number of nitrogens with one attached hydrogen (secondary N) is 1. The van der Waals surface area contributed by atoms with Crippen LogP contribution in [0.2, 0.25) is 0 Å². The van der Waals surface area contributed by atoms with Crippen molar-refractivity contribution in [1.82, 2.24) is 14.8 Å². The largest absolute Gasteiger partial charge is 0.508 e. The Labute approximate surface area is 124 Å². The third-order valence-corrected chi connectivity index (χ3v) is 4.74. The predicted molar refractivity (Wildman–Crippen MR) is 81.2 cm³/mol. The second-order valence-corrected chi connectivity index (χ2v) is 6.08. The van der Waals surface area contributed by atoms with Crippen molar-refractivity contribution in [3.05, 3.63) is 24.3 Å². The lowest BCUT2D eigenvalue weighted by Crippen LogP contribution is -2.28. The van der Waals surface area contributed by atoms with E-state index in [9.17, 15) is 5.11 Å². The highest BCUT2D eigenvalue weighted by atomic mass is 16.3. The smallest absolute Gasteiger partial charge is 0.221 e. The minimum Gasteiger partial charge on any atom is -0.508 e. The Bertz CT molecular complexity index is 628. The molecule has 2 aromatic rings. The molecule has 4 rings (SSSR count). The van der Waals surface area contributed by atoms with Crippen LogP contribution in [0.3, 0.4) is 0 Å². The summed E-state index contributed by atoms with van der Waals surface area (Å²) in [6, 6.07) is 7.57. The summed E-state index contributed by atoms with van der Waals surface area (Å²) in [5.41, 5.74) is 0.946. The number of phenolic OH excluding ortho intramolecular Hbond substituents is 1. The summed E-state index contributed by atoms with van der Waals surface area (Å²) < 4.78 is 2.10. The normalized spacial score (nSPS) is 22.0. The first-order valence-corrected chi connectivity index (χ1v) is 7.81. The van der Waals surface area contributed by atoms with E-state index in [-0.39, 0.29) is 5.75 Å². The van der Waals surface area contributed by atoms with Crippen molar-refractivity contribution in [2.45, 2.75) is 38.1 Å². The van der Waals surface area contributed by atoms with Crippen molar-refractivity contribution in [3.8, 4) is 17.1 Å². The summed E-state index contributed by atoms with van der Waals surface area (Å²) in [5, 5.41) is 17.5. The van der Waals surface area contributed by atoms with E-state index in [4.69, 9.17) is 5.10 Å². The molecule has 2 heterocycles. The van der Waals surface area contributed by atoms with Gasteiger partial charge in [0.05, 0.1) is 6.04 Å². The van der Waals surface area contributed by atoms with Crippen LogP contribution >= 0.6 is 0 Å². The molecule has 1 fully saturated rings. The van der Waals surface area contributed by atoms with Crippen LogP contribution in [-0.2, 0) is 0 Å². The van der Waals surface area contributed by atoms with Gasteiger partial charge >= 0.3 is 0 Å². The highest BCUT2D eigenvalue weighted by molar-refractivity contribution is 5.57. The number of aromatic nitrogens is 3. The molecule has 1 aromatic heterocycles. The first-order valence-electron chi connectivity index (χ1n) is 7.81. The van der Waals surface area contributed by atoms with E-state index in [1.165, 1.54) is 25.7 Å². The van der Waals surface area contributed by atoms with E-state index in [0.29, 0.717) is 6.04 Å². The van der Waals surface area contributed by atoms with E-state index < -0.39 is 0 Å². The van der Waals surface area contributed by atoms with Crippen molar-refractivity contribution in [2.75, 3.05) is 11.9 Å². The summed E-state index contributed by atoms with van der Waals surface area (Å²) in [6.07, 6.45) is 6.47. The molecule has 2 aliphatic rings. The average molecular weight is 284 g/mol. The SMILES string of the molecule is Oc1ccc(-c2nc3n(n2)C(C2CCCC2)CCN3)cc1. The molecule has 1 aliphatic heterocycles. The van der Waals surface area contributed by atoms with Crippen molar-refractivity contribution < 1.29 is 5.11 Å². The van der Waals surface area contributed by atoms with Crippen LogP contribution in [0.25, 0.3) is 11.4 Å². The van der Waals surface area contributed by atoms with E-state index in [0.717, 1.165) is 36.2 Å². The fourth-order valence-electron chi connectivity index (χ4n) is 3.64. The summed E-state index contributed by atoms with van der Waals surface area (Å²) in [5.74, 6) is 2.65. The van der Waals surface area contributed by atoms with Gasteiger partial charge in [-0.1, -0.05) is 12.8 Å². The zero-order valence-corrected chi connectivity index (χ0v) is 12.0. The molecule has 5 heteroatoms. The van der Waals surface area contributed by atoms with E-state index in [1.807, 2.05) is 12.1 Å². The topological polar surface area (TPSA) is 63.0 Å². The van der Waals surface area contributed by atoms with Crippen LogP contribution in [-0.4, -0.2) is 26.4 Å². The maximum atomic E-state index is 9.39. The summed E-state index contributed by atoms with van der Waals surface area (Å²) >= 11 is 0. The van der Waals surface area contributed by atoms with Crippen molar-refractivity contribution in [2.24, 2.45) is 5.92 Å². The van der Waals surface area contributed by atoms with Crippen LogP contribution < -0.4 is 5.32 Å². The standard InChI is InChI=1S/C16H20N4O/c21-13-7-5-12(6-8-13)15-18-16-17-10-9-14(20(16)19-15)11-3-1-2-4-11/h5-8,11,14,21H,1-4,9-10H2,(H,17,18,19). The van der Waals surface area contributed by atoms with E-state index in [2.05, 4.69) is 15.0 Å². The minimum absolute atomic E-state index is 0.268. The molecule has 21 heavy (non-hydrogen) atoms. The van der Waals surface area contributed by atoms with E-state index in [1.54, 1.807) is 12.1 Å². The van der Waals surface area contributed by atoms with Gasteiger partial charge in [0, 0.05) is 12.1 Å². The molecule has 1 aliphatic carbocycles. The van der Waals surface area contributed by atoms with Gasteiger partial charge in [0.1, 0.15) is 5.75 Å². The molecule has 1 saturated carbocycles. The lowest BCUT2D eigenvalue weighted by atomic mass is 9.95. The minimum atomic E-state index is 0.268. The number of fused-ring (bicyclic) bond motifs is 1. The second-order valence-electron chi connectivity index (χ2n) is 6.08. The lowest BCUT2D eigenvalue weighted by Gasteiger charge is -2.28. The Morgan fingerprint density at radius 3 is 2.62 bits per heavy atom. The molecule has 1 atom stereocenters. The van der Waals surface area contributed by atoms with Crippen molar-refractivity contribution >= 4 is 5.95 Å². The van der Waals surface area contributed by atoms with Gasteiger partial charge in [-0.15, -0.1) is 5.10 Å². The van der Waals surface area contributed by atoms with Gasteiger partial charge in [0.15, 0.2) is 5.82 Å². The number of rotatable bonds is 2. The second kappa shape index (κ2) is 5.06. The Morgan fingerprint density at radius 2 is 1.86 bits per heavy atom. The fourth-order valence-corrected chi connectivity index (χ4v) is 3.64. The monoisotopic (exact) mass is 284 g/mol. The predicted octanol–water partition coefficient (Wildman–Crippen LogP) is 3.20. The number of anilines is 1. The van der Waals surface area contributed by atoms with Crippen LogP contribution in [0, 0.1) is 5.92 Å². The average Bonchev–Trinajstić information content (AvgIpc) is 3.17. The molecule has 1 aromatic carbocycles. The molecule has 5 nitrogen and oxygen atoms in total. The summed E-state index contributed by atoms with van der Waals surface area (Å²) in [6.45, 7) is 0.981. The van der Waals surface area contributed by atoms with Gasteiger partial charge < -0.3 is 10.4 Å². The summed E-state index contributed by atoms with van der Waals surface area (Å²) in [7, 11) is 0. The molecule has 0 bridgehead atoms. The number of phenols is 1. The number of nitrogens with zero attached hydrogens (tertiary/aromatic N) is 3. The first-order chi connectivity index (χ1) is 10.3. The Hall–Kier alpha value is -2.04. The van der Waals surface area contributed by atoms with Crippen LogP contribution in [0.15, 0.2) is 24.3 Å². The van der Waals surface area contributed by atoms with Crippen LogP contribution in [0.1, 0.15) is 38.1 Å². The zero-order chi connectivity index (χ0) is 14.2. The third kappa shape index (κ3) is 2.26. The fraction of sp³-hybridized carbons (Fsp3) is 0.500. The van der Waals surface area contributed by atoms with E-state index >= 15 is 0 Å². The highest BCUT2D eigenvalue weighted by Crippen LogP contribution is 2.39. The van der Waals surface area contributed by atoms with Gasteiger partial charge in [-0.05, 0) is 49.4 Å². The first kappa shape index (κ1) is 12.7. The molecule has 0 radical (unpaired) electrons. The molecule has 0 saturated heterocycles. The van der Waals surface area contributed by atoms with Crippen LogP contribution in [0.5, 0.6) is 5.75 Å². The molecule has 0 amide bonds. The molecular formula is C16H20N4O. The number of hydrogen-bond acceptors (Lipinski definition) is 4. The van der Waals surface area contributed by atoms with Gasteiger partial charge in [-0.25, -0.2) is 4.68 Å². The Balaban J connectivity index is 1.68. The van der Waals surface area contributed by atoms with Gasteiger partial charge in [0.25, 0.3) is 0 Å². The lowest BCUT2D eigenvalue weighted by molar-refractivity contribution is 0.290. The molecule has 2 N–H and O–H groups in total. The number of aromatic hydroxyl groups is 1. The highest BCUT2D eigenvalue weighted by Gasteiger charge is 2.31. The molecule has 110 valence electrons. The maximum absolute atomic E-state index is 9.39. The Morgan fingerprint density at radius 1 is 1.10 bits per heavy atom. The molecular weight excluding hydrogens is 264 g/mol. The van der Waals surface area contributed by atoms with Crippen molar-refractivity contribution in [1.29, 1.82) is 0 Å².